The van der Waals surface area contributed by atoms with Crippen molar-refractivity contribution in [3.63, 3.8) is 0 Å². The number of nitrogens with zero attached hydrogens (tertiary/aromatic N) is 1. The van der Waals surface area contributed by atoms with E-state index >= 15 is 0 Å². The molecule has 2 aliphatic rings. The van der Waals surface area contributed by atoms with Crippen LogP contribution < -0.4 is 10.6 Å². The molecular weight excluding hydrogens is 325 g/mol. The van der Waals surface area contributed by atoms with Crippen molar-refractivity contribution in [3.05, 3.63) is 29.7 Å². The fourth-order valence-electron chi connectivity index (χ4n) is 4.19. The molecule has 25 heavy (non-hydrogen) atoms. The molecule has 1 aliphatic heterocycles. The first-order valence-electron chi connectivity index (χ1n) is 8.56. The van der Waals surface area contributed by atoms with Gasteiger partial charge in [0.1, 0.15) is 11.5 Å². The monoisotopic (exact) mass is 347 g/mol. The highest BCUT2D eigenvalue weighted by molar-refractivity contribution is 5.80. The van der Waals surface area contributed by atoms with Crippen molar-refractivity contribution in [3.8, 4) is 0 Å². The third-order valence-corrected chi connectivity index (χ3v) is 5.19. The maximum atomic E-state index is 13.1. The zero-order valence-electron chi connectivity index (χ0n) is 14.4. The van der Waals surface area contributed by atoms with Gasteiger partial charge < -0.3 is 19.9 Å². The zero-order valence-corrected chi connectivity index (χ0v) is 14.4. The van der Waals surface area contributed by atoms with Crippen molar-refractivity contribution in [2.75, 3.05) is 6.61 Å². The number of aromatic nitrogens is 1. The van der Waals surface area contributed by atoms with Gasteiger partial charge in [-0.25, -0.2) is 9.18 Å². The molecule has 0 radical (unpaired) electrons. The van der Waals surface area contributed by atoms with Gasteiger partial charge in [-0.2, -0.15) is 0 Å². The van der Waals surface area contributed by atoms with Crippen LogP contribution in [-0.4, -0.2) is 29.4 Å². The minimum Gasteiger partial charge on any atom is -0.375 e. The van der Waals surface area contributed by atoms with Crippen molar-refractivity contribution in [1.29, 1.82) is 0 Å². The van der Waals surface area contributed by atoms with Crippen LogP contribution in [0.1, 0.15) is 38.8 Å². The summed E-state index contributed by atoms with van der Waals surface area (Å²) in [6.07, 6.45) is 2.95. The van der Waals surface area contributed by atoms with Crippen LogP contribution in [-0.2, 0) is 11.3 Å². The number of nitrogens with one attached hydrogen (secondary N) is 2. The number of ether oxygens (including phenoxy) is 1. The summed E-state index contributed by atoms with van der Waals surface area (Å²) in [6.45, 7) is 5.24. The minimum atomic E-state index is -0.376. The van der Waals surface area contributed by atoms with Crippen molar-refractivity contribution in [2.24, 2.45) is 5.41 Å². The number of urea groups is 1. The lowest BCUT2D eigenvalue weighted by atomic mass is 9.63. The van der Waals surface area contributed by atoms with Crippen LogP contribution in [0.2, 0.25) is 0 Å². The van der Waals surface area contributed by atoms with Crippen LogP contribution in [0, 0.1) is 11.2 Å². The van der Waals surface area contributed by atoms with E-state index in [0.29, 0.717) is 16.7 Å². The highest BCUT2D eigenvalue weighted by Gasteiger charge is 2.52. The number of rotatable bonds is 3. The molecule has 0 atom stereocenters. The molecule has 1 aromatic carbocycles. The van der Waals surface area contributed by atoms with Gasteiger partial charge in [0.15, 0.2) is 5.58 Å². The summed E-state index contributed by atoms with van der Waals surface area (Å²) in [5, 5.41) is 10.4. The molecule has 7 heteroatoms. The number of carbonyl (C=O) groups excluding carboxylic acids is 1. The van der Waals surface area contributed by atoms with Crippen LogP contribution in [0.4, 0.5) is 9.18 Å². The van der Waals surface area contributed by atoms with E-state index in [-0.39, 0.29) is 35.5 Å². The average molecular weight is 347 g/mol. The number of carbonyl (C=O) groups is 1. The number of benzene rings is 1. The second-order valence-corrected chi connectivity index (χ2v) is 7.93. The van der Waals surface area contributed by atoms with Gasteiger partial charge in [0.05, 0.1) is 18.8 Å². The number of amides is 2. The predicted octanol–water partition coefficient (Wildman–Crippen LogP) is 3.11. The van der Waals surface area contributed by atoms with E-state index in [1.54, 1.807) is 6.07 Å². The van der Waals surface area contributed by atoms with Gasteiger partial charge in [-0.05, 0) is 45.2 Å². The van der Waals surface area contributed by atoms with Gasteiger partial charge in [0.2, 0.25) is 0 Å². The summed E-state index contributed by atoms with van der Waals surface area (Å²) in [7, 11) is 0. The smallest absolute Gasteiger partial charge is 0.315 e. The maximum absolute atomic E-state index is 13.1. The summed E-state index contributed by atoms with van der Waals surface area (Å²) in [4.78, 5) is 12.1. The Hall–Kier alpha value is -2.15. The SMILES string of the molecule is CC1(C)CC2(CO1)CC(NC(=O)NCc1noc3cc(F)ccc13)C2. The summed E-state index contributed by atoms with van der Waals surface area (Å²) in [5.41, 5.74) is 1.14. The molecule has 2 amide bonds. The van der Waals surface area contributed by atoms with Gasteiger partial charge in [-0.15, -0.1) is 0 Å². The first kappa shape index (κ1) is 16.3. The number of halogens is 1. The molecule has 2 N–H and O–H groups in total. The van der Waals surface area contributed by atoms with Crippen LogP contribution in [0.3, 0.4) is 0 Å². The number of hydrogen-bond donors (Lipinski definition) is 2. The largest absolute Gasteiger partial charge is 0.375 e. The summed E-state index contributed by atoms with van der Waals surface area (Å²) in [5.74, 6) is -0.376. The molecule has 4 rings (SSSR count). The molecule has 1 aromatic heterocycles. The highest BCUT2D eigenvalue weighted by Crippen LogP contribution is 2.52. The normalized spacial score (nSPS) is 27.4. The van der Waals surface area contributed by atoms with E-state index in [1.807, 2.05) is 0 Å². The van der Waals surface area contributed by atoms with Crippen LogP contribution in [0.25, 0.3) is 11.0 Å². The van der Waals surface area contributed by atoms with Gasteiger partial charge in [-0.1, -0.05) is 5.16 Å². The molecule has 1 saturated heterocycles. The third kappa shape index (κ3) is 3.20. The molecule has 6 nitrogen and oxygen atoms in total. The van der Waals surface area contributed by atoms with E-state index in [1.165, 1.54) is 12.1 Å². The minimum absolute atomic E-state index is 0.0548. The highest BCUT2D eigenvalue weighted by atomic mass is 19.1. The molecule has 134 valence electrons. The lowest BCUT2D eigenvalue weighted by Gasteiger charge is -2.44. The van der Waals surface area contributed by atoms with Gasteiger partial charge in [0, 0.05) is 22.9 Å². The van der Waals surface area contributed by atoms with Crippen molar-refractivity contribution in [1.82, 2.24) is 15.8 Å². The lowest BCUT2D eigenvalue weighted by Crippen LogP contribution is -2.53. The molecule has 1 saturated carbocycles. The van der Waals surface area contributed by atoms with E-state index in [2.05, 4.69) is 29.6 Å². The zero-order chi connectivity index (χ0) is 17.7. The Bertz CT molecular complexity index is 811. The Morgan fingerprint density at radius 3 is 2.92 bits per heavy atom. The van der Waals surface area contributed by atoms with E-state index in [0.717, 1.165) is 25.9 Å². The van der Waals surface area contributed by atoms with E-state index in [4.69, 9.17) is 9.26 Å². The van der Waals surface area contributed by atoms with Crippen molar-refractivity contribution < 1.29 is 18.4 Å². The Balaban J connectivity index is 1.27. The molecule has 1 aliphatic carbocycles. The molecule has 1 spiro atoms. The second kappa shape index (κ2) is 5.69. The molecule has 2 aromatic rings. The molecule has 0 bridgehead atoms. The molecular formula is C18H22FN3O3. The maximum Gasteiger partial charge on any atom is 0.315 e. The van der Waals surface area contributed by atoms with Gasteiger partial charge >= 0.3 is 6.03 Å². The van der Waals surface area contributed by atoms with Gasteiger partial charge in [-0.3, -0.25) is 0 Å². The fourth-order valence-corrected chi connectivity index (χ4v) is 4.19. The summed E-state index contributed by atoms with van der Waals surface area (Å²) < 4.78 is 24.1. The van der Waals surface area contributed by atoms with E-state index < -0.39 is 0 Å². The number of hydrogen-bond acceptors (Lipinski definition) is 4. The first-order chi connectivity index (χ1) is 11.8. The standard InChI is InChI=1S/C18H22FN3O3/c1-17(2)9-18(10-24-17)6-12(7-18)21-16(23)20-8-14-13-4-3-11(19)5-15(13)25-22-14/h3-5,12H,6-10H2,1-2H3,(H2,20,21,23). The van der Waals surface area contributed by atoms with E-state index in [9.17, 15) is 9.18 Å². The quantitative estimate of drug-likeness (QED) is 0.894. The topological polar surface area (TPSA) is 76.4 Å². The average Bonchev–Trinajstić information content (AvgIpc) is 3.05. The lowest BCUT2D eigenvalue weighted by molar-refractivity contribution is 0.0188. The number of fused-ring (bicyclic) bond motifs is 1. The van der Waals surface area contributed by atoms with Crippen molar-refractivity contribution >= 4 is 17.0 Å². The molecule has 2 heterocycles. The summed E-state index contributed by atoms with van der Waals surface area (Å²) >= 11 is 0. The molecule has 0 unspecified atom stereocenters. The predicted molar refractivity (Wildman–Crippen MR) is 89.4 cm³/mol. The molecule has 2 fully saturated rings. The van der Waals surface area contributed by atoms with Crippen LogP contribution in [0.15, 0.2) is 22.7 Å². The fraction of sp³-hybridized carbons (Fsp3) is 0.556. The van der Waals surface area contributed by atoms with Crippen LogP contribution in [0.5, 0.6) is 0 Å². The Kier molecular flexibility index (Phi) is 3.72. The van der Waals surface area contributed by atoms with Gasteiger partial charge in [0.25, 0.3) is 0 Å². The Morgan fingerprint density at radius 1 is 1.40 bits per heavy atom. The second-order valence-electron chi connectivity index (χ2n) is 7.93. The summed E-state index contributed by atoms with van der Waals surface area (Å²) in [6, 6.07) is 4.19. The Morgan fingerprint density at radius 2 is 2.20 bits per heavy atom. The first-order valence-corrected chi connectivity index (χ1v) is 8.56. The van der Waals surface area contributed by atoms with Crippen LogP contribution >= 0.6 is 0 Å². The van der Waals surface area contributed by atoms with Crippen molar-refractivity contribution in [2.45, 2.75) is 51.3 Å². The Labute approximate surface area is 145 Å². The third-order valence-electron chi connectivity index (χ3n) is 5.19.